The van der Waals surface area contributed by atoms with Crippen LogP contribution in [0.5, 0.6) is 0 Å². The lowest BCUT2D eigenvalue weighted by molar-refractivity contribution is -0.140. The SMILES string of the molecule is CCNC(=NCCc1nc(C(F)(F)F)cs1)NC1CCc2ncnn2C1. The van der Waals surface area contributed by atoms with E-state index < -0.39 is 11.9 Å². The van der Waals surface area contributed by atoms with E-state index in [1.165, 1.54) is 0 Å². The number of hydrogen-bond donors (Lipinski definition) is 2. The Morgan fingerprint density at radius 2 is 2.31 bits per heavy atom. The summed E-state index contributed by atoms with van der Waals surface area (Å²) in [6, 6.07) is 0.179. The molecule has 1 unspecified atom stereocenters. The molecule has 0 amide bonds. The summed E-state index contributed by atoms with van der Waals surface area (Å²) in [5, 5.41) is 12.2. The maximum atomic E-state index is 12.6. The van der Waals surface area contributed by atoms with E-state index in [4.69, 9.17) is 0 Å². The van der Waals surface area contributed by atoms with Gasteiger partial charge >= 0.3 is 6.18 Å². The van der Waals surface area contributed by atoms with E-state index in [1.54, 1.807) is 6.33 Å². The van der Waals surface area contributed by atoms with E-state index in [2.05, 4.69) is 30.7 Å². The number of guanidine groups is 1. The second-order valence-corrected chi connectivity index (χ2v) is 6.82. The van der Waals surface area contributed by atoms with Crippen molar-refractivity contribution in [1.82, 2.24) is 30.4 Å². The molecule has 2 N–H and O–H groups in total. The fourth-order valence-corrected chi connectivity index (χ4v) is 3.48. The van der Waals surface area contributed by atoms with Crippen LogP contribution >= 0.6 is 11.3 Å². The van der Waals surface area contributed by atoms with Gasteiger partial charge in [0, 0.05) is 37.4 Å². The molecular weight excluding hydrogens is 367 g/mol. The van der Waals surface area contributed by atoms with Gasteiger partial charge in [-0.25, -0.2) is 14.6 Å². The largest absolute Gasteiger partial charge is 0.434 e. The number of halogens is 3. The van der Waals surface area contributed by atoms with Crippen molar-refractivity contribution in [2.24, 2.45) is 4.99 Å². The predicted octanol–water partition coefficient (Wildman–Crippen LogP) is 1.87. The molecule has 0 fully saturated rings. The Labute approximate surface area is 152 Å². The monoisotopic (exact) mass is 387 g/mol. The van der Waals surface area contributed by atoms with E-state index in [0.717, 1.165) is 35.4 Å². The van der Waals surface area contributed by atoms with Gasteiger partial charge in [-0.2, -0.15) is 18.3 Å². The van der Waals surface area contributed by atoms with E-state index in [9.17, 15) is 13.2 Å². The van der Waals surface area contributed by atoms with Gasteiger partial charge in [-0.1, -0.05) is 0 Å². The van der Waals surface area contributed by atoms with Crippen LogP contribution in [0.4, 0.5) is 13.2 Å². The summed E-state index contributed by atoms with van der Waals surface area (Å²) in [5.41, 5.74) is -0.836. The standard InChI is InChI=1S/C15H20F3N7S/c1-2-19-14(23-10-3-4-12-21-9-22-25(12)7-10)20-6-5-13-24-11(8-26-13)15(16,17)18/h8-10H,2-7H2,1H3,(H2,19,20,23). The van der Waals surface area contributed by atoms with Crippen molar-refractivity contribution in [3.8, 4) is 0 Å². The van der Waals surface area contributed by atoms with Crippen LogP contribution in [-0.4, -0.2) is 44.8 Å². The zero-order chi connectivity index (χ0) is 18.6. The number of aryl methyl sites for hydroxylation is 1. The molecule has 142 valence electrons. The number of aromatic nitrogens is 4. The van der Waals surface area contributed by atoms with Gasteiger partial charge in [0.25, 0.3) is 0 Å². The van der Waals surface area contributed by atoms with E-state index in [-0.39, 0.29) is 6.04 Å². The quantitative estimate of drug-likeness (QED) is 0.605. The predicted molar refractivity (Wildman–Crippen MR) is 92.1 cm³/mol. The third-order valence-electron chi connectivity index (χ3n) is 3.93. The van der Waals surface area contributed by atoms with Crippen LogP contribution in [0.3, 0.4) is 0 Å². The normalized spacial score (nSPS) is 17.8. The summed E-state index contributed by atoms with van der Waals surface area (Å²) >= 11 is 1.01. The van der Waals surface area contributed by atoms with Crippen molar-refractivity contribution >= 4 is 17.3 Å². The van der Waals surface area contributed by atoms with E-state index >= 15 is 0 Å². The lowest BCUT2D eigenvalue weighted by Crippen LogP contribution is -2.47. The Morgan fingerprint density at radius 3 is 3.04 bits per heavy atom. The maximum Gasteiger partial charge on any atom is 0.434 e. The van der Waals surface area contributed by atoms with Crippen molar-refractivity contribution in [1.29, 1.82) is 0 Å². The number of alkyl halides is 3. The Bertz CT molecular complexity index is 753. The van der Waals surface area contributed by atoms with Crippen LogP contribution in [0.25, 0.3) is 0 Å². The second kappa shape index (κ2) is 8.02. The molecule has 1 atom stereocenters. The van der Waals surface area contributed by atoms with Gasteiger partial charge in [0.1, 0.15) is 12.2 Å². The molecule has 11 heteroatoms. The zero-order valence-corrected chi connectivity index (χ0v) is 15.1. The Balaban J connectivity index is 1.55. The Morgan fingerprint density at radius 1 is 1.46 bits per heavy atom. The minimum Gasteiger partial charge on any atom is -0.357 e. The highest BCUT2D eigenvalue weighted by Crippen LogP contribution is 2.30. The number of hydrogen-bond acceptors (Lipinski definition) is 5. The van der Waals surface area contributed by atoms with Crippen LogP contribution in [0.1, 0.15) is 29.9 Å². The summed E-state index contributed by atoms with van der Waals surface area (Å²) < 4.78 is 39.6. The molecule has 2 aromatic rings. The molecule has 1 aliphatic rings. The van der Waals surface area contributed by atoms with Crippen LogP contribution in [0.2, 0.25) is 0 Å². The first-order valence-corrected chi connectivity index (χ1v) is 9.26. The molecule has 0 radical (unpaired) electrons. The molecule has 1 aliphatic heterocycles. The fourth-order valence-electron chi connectivity index (χ4n) is 2.69. The first-order valence-electron chi connectivity index (χ1n) is 8.39. The lowest BCUT2D eigenvalue weighted by Gasteiger charge is -2.25. The summed E-state index contributed by atoms with van der Waals surface area (Å²) in [7, 11) is 0. The maximum absolute atomic E-state index is 12.6. The van der Waals surface area contributed by atoms with Crippen LogP contribution in [0.15, 0.2) is 16.7 Å². The Hall–Kier alpha value is -2.17. The van der Waals surface area contributed by atoms with Crippen molar-refractivity contribution in [3.63, 3.8) is 0 Å². The van der Waals surface area contributed by atoms with Gasteiger partial charge in [0.15, 0.2) is 11.7 Å². The molecule has 26 heavy (non-hydrogen) atoms. The van der Waals surface area contributed by atoms with E-state index in [0.29, 0.717) is 37.0 Å². The molecule has 0 bridgehead atoms. The van der Waals surface area contributed by atoms with Crippen LogP contribution < -0.4 is 10.6 Å². The average molecular weight is 387 g/mol. The summed E-state index contributed by atoms with van der Waals surface area (Å²) in [4.78, 5) is 12.3. The summed E-state index contributed by atoms with van der Waals surface area (Å²) in [6.07, 6.45) is -0.702. The molecular formula is C15H20F3N7S. The molecule has 0 saturated heterocycles. The number of fused-ring (bicyclic) bond motifs is 1. The lowest BCUT2D eigenvalue weighted by atomic mass is 10.1. The third-order valence-corrected chi connectivity index (χ3v) is 4.84. The highest BCUT2D eigenvalue weighted by molar-refractivity contribution is 7.09. The first-order chi connectivity index (χ1) is 12.5. The van der Waals surface area contributed by atoms with Crippen molar-refractivity contribution < 1.29 is 13.2 Å². The van der Waals surface area contributed by atoms with Gasteiger partial charge in [0.05, 0.1) is 11.6 Å². The topological polar surface area (TPSA) is 80.0 Å². The zero-order valence-electron chi connectivity index (χ0n) is 14.3. The highest BCUT2D eigenvalue weighted by Gasteiger charge is 2.33. The van der Waals surface area contributed by atoms with Gasteiger partial charge in [-0.05, 0) is 13.3 Å². The molecule has 0 spiro atoms. The van der Waals surface area contributed by atoms with E-state index in [1.807, 2.05) is 11.6 Å². The van der Waals surface area contributed by atoms with Crippen LogP contribution in [-0.2, 0) is 25.6 Å². The van der Waals surface area contributed by atoms with Crippen molar-refractivity contribution in [2.75, 3.05) is 13.1 Å². The molecule has 0 aliphatic carbocycles. The number of nitrogens with zero attached hydrogens (tertiary/aromatic N) is 5. The fraction of sp³-hybridized carbons (Fsp3) is 0.600. The molecule has 2 aromatic heterocycles. The molecule has 0 saturated carbocycles. The van der Waals surface area contributed by atoms with Crippen molar-refractivity contribution in [2.45, 2.75) is 44.9 Å². The number of thiazole rings is 1. The van der Waals surface area contributed by atoms with Gasteiger partial charge in [-0.3, -0.25) is 4.99 Å². The smallest absolute Gasteiger partial charge is 0.357 e. The minimum absolute atomic E-state index is 0.179. The number of aliphatic imine (C=N–C) groups is 1. The first kappa shape index (κ1) is 18.6. The van der Waals surface area contributed by atoms with Gasteiger partial charge in [0.2, 0.25) is 0 Å². The van der Waals surface area contributed by atoms with Crippen LogP contribution in [0, 0.1) is 0 Å². The molecule has 0 aromatic carbocycles. The highest BCUT2D eigenvalue weighted by atomic mass is 32.1. The Kier molecular flexibility index (Phi) is 5.74. The third kappa shape index (κ3) is 4.71. The average Bonchev–Trinajstić information content (AvgIpc) is 3.23. The molecule has 3 rings (SSSR count). The van der Waals surface area contributed by atoms with Crippen molar-refractivity contribution in [3.05, 3.63) is 28.2 Å². The molecule has 7 nitrogen and oxygen atoms in total. The number of rotatable bonds is 5. The van der Waals surface area contributed by atoms with Gasteiger partial charge in [-0.15, -0.1) is 11.3 Å². The summed E-state index contributed by atoms with van der Waals surface area (Å²) in [5.74, 6) is 1.63. The van der Waals surface area contributed by atoms with Gasteiger partial charge < -0.3 is 10.6 Å². The number of nitrogens with one attached hydrogen (secondary N) is 2. The second-order valence-electron chi connectivity index (χ2n) is 5.87. The minimum atomic E-state index is -4.39. The summed E-state index contributed by atoms with van der Waals surface area (Å²) in [6.45, 7) is 3.73. The molecule has 3 heterocycles.